The van der Waals surface area contributed by atoms with Gasteiger partial charge in [0.15, 0.2) is 0 Å². The highest BCUT2D eigenvalue weighted by atomic mass is 32.1. The van der Waals surface area contributed by atoms with Gasteiger partial charge >= 0.3 is 6.18 Å². The van der Waals surface area contributed by atoms with Gasteiger partial charge in [-0.1, -0.05) is 42.0 Å². The van der Waals surface area contributed by atoms with Gasteiger partial charge in [0.05, 0.1) is 36.9 Å². The molecule has 1 aliphatic heterocycles. The summed E-state index contributed by atoms with van der Waals surface area (Å²) in [4.78, 5) is 19.4. The molecule has 1 unspecified atom stereocenters. The van der Waals surface area contributed by atoms with E-state index in [1.807, 2.05) is 6.92 Å². The van der Waals surface area contributed by atoms with E-state index in [9.17, 15) is 18.0 Å². The van der Waals surface area contributed by atoms with Crippen molar-refractivity contribution in [2.45, 2.75) is 25.6 Å². The Balaban J connectivity index is 1.38. The summed E-state index contributed by atoms with van der Waals surface area (Å²) in [7, 11) is 0. The molecule has 2 heterocycles. The molecule has 1 aliphatic rings. The zero-order valence-electron chi connectivity index (χ0n) is 18.8. The average Bonchev–Trinajstić information content (AvgIpc) is 3.29. The maximum absolute atomic E-state index is 12.8. The molecule has 1 atom stereocenters. The van der Waals surface area contributed by atoms with E-state index in [0.717, 1.165) is 30.8 Å². The first-order valence-electron chi connectivity index (χ1n) is 11.1. The molecule has 180 valence electrons. The fourth-order valence-electron chi connectivity index (χ4n) is 3.90. The van der Waals surface area contributed by atoms with Crippen LogP contribution in [0.5, 0.6) is 0 Å². The Kier molecular flexibility index (Phi) is 7.65. The van der Waals surface area contributed by atoms with E-state index in [4.69, 9.17) is 4.74 Å². The number of nitrogens with one attached hydrogen (secondary N) is 1. The summed E-state index contributed by atoms with van der Waals surface area (Å²) < 4.78 is 43.8. The van der Waals surface area contributed by atoms with Crippen LogP contribution in [-0.2, 0) is 22.1 Å². The SMILES string of the molecule is Cc1ccc(C(CNC(=O)Cc2csc(-c3ccc(C(F)(F)F)cc3)n2)N2CCOCC2)cc1. The highest BCUT2D eigenvalue weighted by Crippen LogP contribution is 2.32. The Morgan fingerprint density at radius 1 is 1.12 bits per heavy atom. The number of hydrogen-bond acceptors (Lipinski definition) is 5. The number of ether oxygens (including phenoxy) is 1. The van der Waals surface area contributed by atoms with E-state index in [1.54, 1.807) is 5.38 Å². The van der Waals surface area contributed by atoms with Crippen LogP contribution < -0.4 is 5.32 Å². The van der Waals surface area contributed by atoms with Crippen molar-refractivity contribution in [3.05, 3.63) is 76.3 Å². The minimum atomic E-state index is -4.37. The van der Waals surface area contributed by atoms with E-state index < -0.39 is 11.7 Å². The van der Waals surface area contributed by atoms with Crippen LogP contribution in [0.1, 0.15) is 28.4 Å². The molecule has 1 fully saturated rings. The molecule has 1 aromatic heterocycles. The lowest BCUT2D eigenvalue weighted by molar-refractivity contribution is -0.137. The molecule has 0 spiro atoms. The van der Waals surface area contributed by atoms with Crippen LogP contribution in [0.15, 0.2) is 53.9 Å². The highest BCUT2D eigenvalue weighted by molar-refractivity contribution is 7.13. The first-order chi connectivity index (χ1) is 16.3. The minimum absolute atomic E-state index is 0.0478. The number of hydrogen-bond donors (Lipinski definition) is 1. The van der Waals surface area contributed by atoms with Crippen molar-refractivity contribution >= 4 is 17.2 Å². The first kappa shape index (κ1) is 24.4. The van der Waals surface area contributed by atoms with Gasteiger partial charge < -0.3 is 10.1 Å². The molecule has 5 nitrogen and oxygen atoms in total. The highest BCUT2D eigenvalue weighted by Gasteiger charge is 2.30. The molecule has 0 saturated carbocycles. The maximum atomic E-state index is 12.8. The van der Waals surface area contributed by atoms with E-state index in [-0.39, 0.29) is 18.4 Å². The maximum Gasteiger partial charge on any atom is 0.416 e. The molecule has 9 heteroatoms. The number of morpholine rings is 1. The summed E-state index contributed by atoms with van der Waals surface area (Å²) in [6.07, 6.45) is -4.26. The van der Waals surface area contributed by atoms with Crippen molar-refractivity contribution in [3.8, 4) is 10.6 Å². The molecule has 3 aromatic rings. The Bertz CT molecular complexity index is 1090. The smallest absolute Gasteiger partial charge is 0.379 e. The van der Waals surface area contributed by atoms with Gasteiger partial charge in [-0.15, -0.1) is 11.3 Å². The van der Waals surface area contributed by atoms with Crippen LogP contribution in [0.25, 0.3) is 10.6 Å². The third kappa shape index (κ3) is 6.22. The standard InChI is InChI=1S/C25H26F3N3O2S/c1-17-2-4-18(5-3-17)22(31-10-12-33-13-11-31)15-29-23(32)14-21-16-34-24(30-21)19-6-8-20(9-7-19)25(26,27)28/h2-9,16,22H,10-15H2,1H3,(H,29,32). The number of carbonyl (C=O) groups excluding carboxylic acids is 1. The second-order valence-electron chi connectivity index (χ2n) is 8.27. The van der Waals surface area contributed by atoms with Gasteiger partial charge in [0.2, 0.25) is 5.91 Å². The molecule has 0 radical (unpaired) electrons. The lowest BCUT2D eigenvalue weighted by atomic mass is 10.0. The number of carbonyl (C=O) groups is 1. The number of aromatic nitrogens is 1. The molecule has 1 amide bonds. The minimum Gasteiger partial charge on any atom is -0.379 e. The Morgan fingerprint density at radius 2 is 1.79 bits per heavy atom. The van der Waals surface area contributed by atoms with Gasteiger partial charge in [0, 0.05) is 30.6 Å². The Morgan fingerprint density at radius 3 is 2.44 bits per heavy atom. The Labute approximate surface area is 200 Å². The number of amides is 1. The monoisotopic (exact) mass is 489 g/mol. The van der Waals surface area contributed by atoms with Crippen molar-refractivity contribution in [1.82, 2.24) is 15.2 Å². The summed E-state index contributed by atoms with van der Waals surface area (Å²) in [5.41, 5.74) is 2.81. The number of alkyl halides is 3. The van der Waals surface area contributed by atoms with Gasteiger partial charge in [-0.05, 0) is 24.6 Å². The summed E-state index contributed by atoms with van der Waals surface area (Å²) in [6.45, 7) is 5.46. The average molecular weight is 490 g/mol. The Hall–Kier alpha value is -2.75. The molecule has 0 aliphatic carbocycles. The third-order valence-corrected chi connectivity index (χ3v) is 6.73. The summed E-state index contributed by atoms with van der Waals surface area (Å²) in [6, 6.07) is 13.3. The first-order valence-corrected chi connectivity index (χ1v) is 11.9. The lowest BCUT2D eigenvalue weighted by Crippen LogP contribution is -2.44. The molecular weight excluding hydrogens is 463 g/mol. The number of thiazole rings is 1. The number of aryl methyl sites for hydroxylation is 1. The molecule has 0 bridgehead atoms. The van der Waals surface area contributed by atoms with Crippen LogP contribution in [0.3, 0.4) is 0 Å². The zero-order chi connectivity index (χ0) is 24.1. The molecule has 2 aromatic carbocycles. The molecule has 4 rings (SSSR count). The largest absolute Gasteiger partial charge is 0.416 e. The van der Waals surface area contributed by atoms with Gasteiger partial charge in [-0.3, -0.25) is 9.69 Å². The fourth-order valence-corrected chi connectivity index (χ4v) is 4.72. The zero-order valence-corrected chi connectivity index (χ0v) is 19.6. The van der Waals surface area contributed by atoms with Crippen LogP contribution in [0, 0.1) is 6.92 Å². The van der Waals surface area contributed by atoms with Gasteiger partial charge in [0.25, 0.3) is 0 Å². The van der Waals surface area contributed by atoms with Gasteiger partial charge in [-0.25, -0.2) is 4.98 Å². The molecule has 1 N–H and O–H groups in total. The predicted octanol–water partition coefficient (Wildman–Crippen LogP) is 4.87. The summed E-state index contributed by atoms with van der Waals surface area (Å²) in [5.74, 6) is -0.144. The van der Waals surface area contributed by atoms with Crippen molar-refractivity contribution in [2.24, 2.45) is 0 Å². The van der Waals surface area contributed by atoms with E-state index in [1.165, 1.54) is 29.0 Å². The number of rotatable bonds is 7. The summed E-state index contributed by atoms with van der Waals surface area (Å²) in [5, 5.41) is 5.39. The van der Waals surface area contributed by atoms with E-state index in [0.29, 0.717) is 36.0 Å². The topological polar surface area (TPSA) is 54.5 Å². The number of benzene rings is 2. The van der Waals surface area contributed by atoms with Crippen molar-refractivity contribution < 1.29 is 22.7 Å². The van der Waals surface area contributed by atoms with E-state index in [2.05, 4.69) is 39.5 Å². The van der Waals surface area contributed by atoms with Crippen molar-refractivity contribution in [1.29, 1.82) is 0 Å². The molecular formula is C25H26F3N3O2S. The van der Waals surface area contributed by atoms with E-state index >= 15 is 0 Å². The number of nitrogens with zero attached hydrogens (tertiary/aromatic N) is 2. The fraction of sp³-hybridized carbons (Fsp3) is 0.360. The predicted molar refractivity (Wildman–Crippen MR) is 126 cm³/mol. The second-order valence-corrected chi connectivity index (χ2v) is 9.13. The van der Waals surface area contributed by atoms with Crippen LogP contribution in [0.4, 0.5) is 13.2 Å². The van der Waals surface area contributed by atoms with Crippen LogP contribution in [0.2, 0.25) is 0 Å². The third-order valence-electron chi connectivity index (χ3n) is 5.79. The van der Waals surface area contributed by atoms with Crippen molar-refractivity contribution in [2.75, 3.05) is 32.8 Å². The molecule has 1 saturated heterocycles. The van der Waals surface area contributed by atoms with Gasteiger partial charge in [0.1, 0.15) is 5.01 Å². The van der Waals surface area contributed by atoms with Crippen LogP contribution >= 0.6 is 11.3 Å². The van der Waals surface area contributed by atoms with Crippen molar-refractivity contribution in [3.63, 3.8) is 0 Å². The van der Waals surface area contributed by atoms with Gasteiger partial charge in [-0.2, -0.15) is 13.2 Å². The normalized spacial score (nSPS) is 15.8. The summed E-state index contributed by atoms with van der Waals surface area (Å²) >= 11 is 1.31. The number of halogens is 3. The second kappa shape index (κ2) is 10.7. The molecule has 34 heavy (non-hydrogen) atoms. The quantitative estimate of drug-likeness (QED) is 0.515. The lowest BCUT2D eigenvalue weighted by Gasteiger charge is -2.35. The van der Waals surface area contributed by atoms with Crippen LogP contribution in [-0.4, -0.2) is 48.6 Å².